The van der Waals surface area contributed by atoms with E-state index in [1.54, 1.807) is 6.20 Å². The average molecular weight is 372 g/mol. The van der Waals surface area contributed by atoms with Gasteiger partial charge in [-0.05, 0) is 49.8 Å². The summed E-state index contributed by atoms with van der Waals surface area (Å²) in [5.41, 5.74) is 3.31. The first-order chi connectivity index (χ1) is 12.5. The van der Waals surface area contributed by atoms with Gasteiger partial charge in [-0.3, -0.25) is 9.78 Å². The molecule has 0 radical (unpaired) electrons. The number of ether oxygens (including phenoxy) is 1. The van der Waals surface area contributed by atoms with Crippen molar-refractivity contribution < 1.29 is 9.53 Å². The summed E-state index contributed by atoms with van der Waals surface area (Å²) in [6.07, 6.45) is 2.86. The SMILES string of the molecule is COC(=O)CCCN1C(=S)N[C@@H](c2ccccn2)[C@H]1c1ccc(C)n1C. The molecule has 138 valence electrons. The van der Waals surface area contributed by atoms with Crippen LogP contribution in [0.5, 0.6) is 0 Å². The van der Waals surface area contributed by atoms with E-state index in [2.05, 4.69) is 45.9 Å². The molecule has 2 aromatic heterocycles. The molecule has 2 atom stereocenters. The third-order valence-corrected chi connectivity index (χ3v) is 5.27. The summed E-state index contributed by atoms with van der Waals surface area (Å²) in [5, 5.41) is 4.11. The summed E-state index contributed by atoms with van der Waals surface area (Å²) < 4.78 is 6.93. The van der Waals surface area contributed by atoms with Crippen LogP contribution in [0.15, 0.2) is 36.5 Å². The van der Waals surface area contributed by atoms with Crippen LogP contribution in [0, 0.1) is 6.92 Å². The molecule has 0 amide bonds. The third-order valence-electron chi connectivity index (χ3n) is 4.92. The van der Waals surface area contributed by atoms with E-state index in [9.17, 15) is 4.79 Å². The smallest absolute Gasteiger partial charge is 0.305 e. The third kappa shape index (κ3) is 3.58. The first kappa shape index (κ1) is 18.4. The Hall–Kier alpha value is -2.41. The lowest BCUT2D eigenvalue weighted by Crippen LogP contribution is -2.31. The fraction of sp³-hybridized carbons (Fsp3) is 0.421. The van der Waals surface area contributed by atoms with Crippen LogP contribution in [0.3, 0.4) is 0 Å². The molecule has 26 heavy (non-hydrogen) atoms. The number of aryl methyl sites for hydroxylation is 1. The van der Waals surface area contributed by atoms with Crippen molar-refractivity contribution in [3.05, 3.63) is 53.6 Å². The van der Waals surface area contributed by atoms with Gasteiger partial charge in [-0.1, -0.05) is 6.07 Å². The molecule has 1 aliphatic heterocycles. The molecular formula is C19H24N4O2S. The number of esters is 1. The normalized spacial score (nSPS) is 19.5. The summed E-state index contributed by atoms with van der Waals surface area (Å²) in [7, 11) is 3.48. The van der Waals surface area contributed by atoms with Gasteiger partial charge in [0.2, 0.25) is 0 Å². The second kappa shape index (κ2) is 7.86. The van der Waals surface area contributed by atoms with Gasteiger partial charge in [0.15, 0.2) is 5.11 Å². The Bertz CT molecular complexity index is 790. The van der Waals surface area contributed by atoms with E-state index in [4.69, 9.17) is 17.0 Å². The van der Waals surface area contributed by atoms with E-state index in [0.717, 1.165) is 5.69 Å². The molecule has 0 aliphatic carbocycles. The Morgan fingerprint density at radius 3 is 2.77 bits per heavy atom. The molecule has 7 heteroatoms. The number of aromatic nitrogens is 2. The molecule has 6 nitrogen and oxygen atoms in total. The molecule has 1 N–H and O–H groups in total. The maximum Gasteiger partial charge on any atom is 0.305 e. The standard InChI is InChI=1S/C19H24N4O2S/c1-13-9-10-15(22(13)2)18-17(14-7-4-5-11-20-14)21-19(26)23(18)12-6-8-16(24)25-3/h4-5,7,9-11,17-18H,6,8,12H2,1-3H3,(H,21,26)/t17-,18+/m0/s1. The van der Waals surface area contributed by atoms with Crippen molar-refractivity contribution in [1.29, 1.82) is 0 Å². The van der Waals surface area contributed by atoms with Gasteiger partial charge < -0.3 is 19.5 Å². The molecule has 1 aliphatic rings. The van der Waals surface area contributed by atoms with Crippen molar-refractivity contribution in [1.82, 2.24) is 19.8 Å². The molecule has 3 heterocycles. The van der Waals surface area contributed by atoms with Crippen LogP contribution in [0.4, 0.5) is 0 Å². The molecule has 0 spiro atoms. The predicted octanol–water partition coefficient (Wildman–Crippen LogP) is 2.65. The second-order valence-corrected chi connectivity index (χ2v) is 6.84. The lowest BCUT2D eigenvalue weighted by molar-refractivity contribution is -0.140. The summed E-state index contributed by atoms with van der Waals surface area (Å²) in [4.78, 5) is 18.1. The minimum absolute atomic E-state index is 0.0220. The van der Waals surface area contributed by atoms with Gasteiger partial charge in [0.25, 0.3) is 0 Å². The largest absolute Gasteiger partial charge is 0.469 e. The Labute approximate surface area is 159 Å². The highest BCUT2D eigenvalue weighted by Gasteiger charge is 2.40. The van der Waals surface area contributed by atoms with E-state index in [1.165, 1.54) is 18.5 Å². The van der Waals surface area contributed by atoms with Crippen molar-refractivity contribution >= 4 is 23.3 Å². The minimum Gasteiger partial charge on any atom is -0.469 e. The van der Waals surface area contributed by atoms with Gasteiger partial charge in [-0.25, -0.2) is 0 Å². The summed E-state index contributed by atoms with van der Waals surface area (Å²) in [5.74, 6) is -0.199. The summed E-state index contributed by atoms with van der Waals surface area (Å²) in [6, 6.07) is 10.1. The van der Waals surface area contributed by atoms with Crippen LogP contribution < -0.4 is 5.32 Å². The number of rotatable bonds is 6. The van der Waals surface area contributed by atoms with Crippen LogP contribution in [0.2, 0.25) is 0 Å². The van der Waals surface area contributed by atoms with Gasteiger partial charge in [-0.2, -0.15) is 0 Å². The van der Waals surface area contributed by atoms with Gasteiger partial charge in [-0.15, -0.1) is 0 Å². The molecule has 0 bridgehead atoms. The molecule has 3 rings (SSSR count). The molecule has 0 saturated carbocycles. The quantitative estimate of drug-likeness (QED) is 0.621. The highest BCUT2D eigenvalue weighted by atomic mass is 32.1. The zero-order valence-electron chi connectivity index (χ0n) is 15.3. The van der Waals surface area contributed by atoms with Crippen molar-refractivity contribution in [3.63, 3.8) is 0 Å². The van der Waals surface area contributed by atoms with Crippen LogP contribution in [-0.4, -0.2) is 39.2 Å². The van der Waals surface area contributed by atoms with Crippen LogP contribution >= 0.6 is 12.2 Å². The van der Waals surface area contributed by atoms with Gasteiger partial charge in [0.1, 0.15) is 0 Å². The lowest BCUT2D eigenvalue weighted by atomic mass is 10.0. The predicted molar refractivity (Wildman–Crippen MR) is 104 cm³/mol. The number of carbonyl (C=O) groups excluding carboxylic acids is 1. The number of pyridine rings is 1. The highest BCUT2D eigenvalue weighted by molar-refractivity contribution is 7.80. The first-order valence-corrected chi connectivity index (χ1v) is 9.11. The second-order valence-electron chi connectivity index (χ2n) is 6.46. The minimum atomic E-state index is -0.199. The van der Waals surface area contributed by atoms with E-state index in [0.29, 0.717) is 24.5 Å². The number of methoxy groups -OCH3 is 1. The number of hydrogen-bond donors (Lipinski definition) is 1. The molecular weight excluding hydrogens is 348 g/mol. The number of carbonyl (C=O) groups is 1. The van der Waals surface area contributed by atoms with Crippen molar-refractivity contribution in [2.24, 2.45) is 7.05 Å². The number of thiocarbonyl (C=S) groups is 1. The average Bonchev–Trinajstić information content (AvgIpc) is 3.15. The number of hydrogen-bond acceptors (Lipinski definition) is 4. The fourth-order valence-corrected chi connectivity index (χ4v) is 3.73. The van der Waals surface area contributed by atoms with Crippen molar-refractivity contribution in [2.75, 3.05) is 13.7 Å². The zero-order valence-corrected chi connectivity index (χ0v) is 16.1. The van der Waals surface area contributed by atoms with Gasteiger partial charge in [0, 0.05) is 37.6 Å². The molecule has 1 saturated heterocycles. The fourth-order valence-electron chi connectivity index (χ4n) is 3.39. The first-order valence-electron chi connectivity index (χ1n) is 8.70. The summed E-state index contributed by atoms with van der Waals surface area (Å²) in [6.45, 7) is 2.76. The topological polar surface area (TPSA) is 59.4 Å². The maximum absolute atomic E-state index is 11.5. The van der Waals surface area contributed by atoms with Crippen molar-refractivity contribution in [2.45, 2.75) is 31.8 Å². The Morgan fingerprint density at radius 1 is 1.35 bits per heavy atom. The van der Waals surface area contributed by atoms with E-state index < -0.39 is 0 Å². The molecule has 2 aromatic rings. The van der Waals surface area contributed by atoms with Gasteiger partial charge in [0.05, 0.1) is 24.9 Å². The van der Waals surface area contributed by atoms with Crippen LogP contribution in [-0.2, 0) is 16.6 Å². The lowest BCUT2D eigenvalue weighted by Gasteiger charge is -2.28. The Kier molecular flexibility index (Phi) is 5.56. The number of nitrogens with one attached hydrogen (secondary N) is 1. The van der Waals surface area contributed by atoms with Crippen LogP contribution in [0.1, 0.15) is 42.0 Å². The Morgan fingerprint density at radius 2 is 2.15 bits per heavy atom. The number of nitrogens with zero attached hydrogens (tertiary/aromatic N) is 3. The molecule has 0 aromatic carbocycles. The van der Waals surface area contributed by atoms with E-state index in [-0.39, 0.29) is 18.1 Å². The molecule has 1 fully saturated rings. The van der Waals surface area contributed by atoms with E-state index in [1.807, 2.05) is 18.2 Å². The van der Waals surface area contributed by atoms with Gasteiger partial charge >= 0.3 is 5.97 Å². The Balaban J connectivity index is 1.90. The summed E-state index contributed by atoms with van der Waals surface area (Å²) >= 11 is 5.61. The molecule has 0 unspecified atom stereocenters. The van der Waals surface area contributed by atoms with Crippen molar-refractivity contribution in [3.8, 4) is 0 Å². The zero-order chi connectivity index (χ0) is 18.7. The van der Waals surface area contributed by atoms with Crippen LogP contribution in [0.25, 0.3) is 0 Å². The van der Waals surface area contributed by atoms with E-state index >= 15 is 0 Å². The maximum atomic E-state index is 11.5. The highest BCUT2D eigenvalue weighted by Crippen LogP contribution is 2.39. The monoisotopic (exact) mass is 372 g/mol.